The number of hydrogen-bond acceptors (Lipinski definition) is 4. The standard InChI is InChI=1S/C17H19N3O4/c1-17(15(21)22)7-8-20(11-17)16(23)18-10-13-9-14(24-19-13)12-5-3-2-4-6-12/h2-6,9H,7-8,10-11H2,1H3,(H,18,23)(H,21,22). The highest BCUT2D eigenvalue weighted by Gasteiger charge is 2.42. The molecule has 7 nitrogen and oxygen atoms in total. The lowest BCUT2D eigenvalue weighted by Crippen LogP contribution is -2.40. The van der Waals surface area contributed by atoms with E-state index in [2.05, 4.69) is 10.5 Å². The summed E-state index contributed by atoms with van der Waals surface area (Å²) in [5.74, 6) is -0.235. The fourth-order valence-corrected chi connectivity index (χ4v) is 2.72. The summed E-state index contributed by atoms with van der Waals surface area (Å²) >= 11 is 0. The second kappa shape index (κ2) is 6.35. The van der Waals surface area contributed by atoms with Crippen LogP contribution < -0.4 is 5.32 Å². The maximum Gasteiger partial charge on any atom is 0.317 e. The van der Waals surface area contributed by atoms with Gasteiger partial charge in [-0.15, -0.1) is 0 Å². The van der Waals surface area contributed by atoms with Crippen LogP contribution in [0.2, 0.25) is 0 Å². The molecule has 1 saturated heterocycles. The molecule has 0 aliphatic carbocycles. The van der Waals surface area contributed by atoms with Crippen molar-refractivity contribution in [1.82, 2.24) is 15.4 Å². The minimum atomic E-state index is -0.873. The zero-order chi connectivity index (χ0) is 17.2. The van der Waals surface area contributed by atoms with Gasteiger partial charge in [-0.1, -0.05) is 35.5 Å². The Morgan fingerprint density at radius 1 is 1.38 bits per heavy atom. The summed E-state index contributed by atoms with van der Waals surface area (Å²) in [4.78, 5) is 24.9. The van der Waals surface area contributed by atoms with E-state index >= 15 is 0 Å². The van der Waals surface area contributed by atoms with E-state index in [1.165, 1.54) is 4.90 Å². The minimum absolute atomic E-state index is 0.211. The lowest BCUT2D eigenvalue weighted by atomic mass is 9.90. The van der Waals surface area contributed by atoms with Crippen LogP contribution in [0.1, 0.15) is 19.0 Å². The summed E-state index contributed by atoms with van der Waals surface area (Å²) in [5, 5.41) is 15.9. The molecule has 0 spiro atoms. The number of carbonyl (C=O) groups excluding carboxylic acids is 1. The van der Waals surface area contributed by atoms with E-state index in [1.807, 2.05) is 30.3 Å². The van der Waals surface area contributed by atoms with Crippen molar-refractivity contribution in [3.63, 3.8) is 0 Å². The number of benzene rings is 1. The molecule has 3 rings (SSSR count). The molecule has 2 aromatic rings. The first-order valence-electron chi connectivity index (χ1n) is 7.75. The molecule has 0 saturated carbocycles. The Bertz CT molecular complexity index is 743. The molecule has 1 aromatic carbocycles. The number of aliphatic carboxylic acids is 1. The van der Waals surface area contributed by atoms with Crippen LogP contribution in [-0.4, -0.2) is 40.3 Å². The van der Waals surface area contributed by atoms with E-state index in [9.17, 15) is 14.7 Å². The van der Waals surface area contributed by atoms with Crippen molar-refractivity contribution in [3.8, 4) is 11.3 Å². The van der Waals surface area contributed by atoms with Gasteiger partial charge in [0.05, 0.1) is 12.0 Å². The van der Waals surface area contributed by atoms with Crippen LogP contribution in [-0.2, 0) is 11.3 Å². The third kappa shape index (κ3) is 3.24. The molecule has 0 bridgehead atoms. The van der Waals surface area contributed by atoms with E-state index in [0.29, 0.717) is 24.4 Å². The first kappa shape index (κ1) is 16.0. The van der Waals surface area contributed by atoms with Gasteiger partial charge in [0.25, 0.3) is 0 Å². The predicted octanol–water partition coefficient (Wildman–Crippen LogP) is 2.35. The Morgan fingerprint density at radius 2 is 2.12 bits per heavy atom. The van der Waals surface area contributed by atoms with Gasteiger partial charge in [0.2, 0.25) is 0 Å². The Morgan fingerprint density at radius 3 is 2.79 bits per heavy atom. The molecule has 1 fully saturated rings. The second-order valence-electron chi connectivity index (χ2n) is 6.24. The predicted molar refractivity (Wildman–Crippen MR) is 86.1 cm³/mol. The number of urea groups is 1. The van der Waals surface area contributed by atoms with E-state index in [1.54, 1.807) is 13.0 Å². The molecular formula is C17H19N3O4. The van der Waals surface area contributed by atoms with Gasteiger partial charge in [-0.2, -0.15) is 0 Å². The molecule has 126 valence electrons. The van der Waals surface area contributed by atoms with Crippen LogP contribution in [0.25, 0.3) is 11.3 Å². The first-order chi connectivity index (χ1) is 11.5. The second-order valence-corrected chi connectivity index (χ2v) is 6.24. The third-order valence-corrected chi connectivity index (χ3v) is 4.31. The fraction of sp³-hybridized carbons (Fsp3) is 0.353. The SMILES string of the molecule is CC1(C(=O)O)CCN(C(=O)NCc2cc(-c3ccccc3)on2)C1. The van der Waals surface area contributed by atoms with Crippen LogP contribution in [0.4, 0.5) is 4.79 Å². The molecule has 0 radical (unpaired) electrons. The monoisotopic (exact) mass is 329 g/mol. The van der Waals surface area contributed by atoms with Crippen molar-refractivity contribution in [1.29, 1.82) is 0 Å². The Labute approximate surface area is 139 Å². The molecule has 1 aromatic heterocycles. The number of nitrogens with zero attached hydrogens (tertiary/aromatic N) is 2. The average molecular weight is 329 g/mol. The Balaban J connectivity index is 1.56. The van der Waals surface area contributed by atoms with Crippen molar-refractivity contribution in [2.75, 3.05) is 13.1 Å². The highest BCUT2D eigenvalue weighted by atomic mass is 16.5. The summed E-state index contributed by atoms with van der Waals surface area (Å²) in [6.45, 7) is 2.53. The number of aromatic nitrogens is 1. The number of carbonyl (C=O) groups is 2. The van der Waals surface area contributed by atoms with E-state index in [4.69, 9.17) is 4.52 Å². The van der Waals surface area contributed by atoms with E-state index < -0.39 is 11.4 Å². The van der Waals surface area contributed by atoms with Crippen LogP contribution in [0, 0.1) is 5.41 Å². The molecule has 2 heterocycles. The van der Waals surface area contributed by atoms with Gasteiger partial charge in [0, 0.05) is 24.7 Å². The van der Waals surface area contributed by atoms with E-state index in [0.717, 1.165) is 5.56 Å². The van der Waals surface area contributed by atoms with Crippen LogP contribution in [0.15, 0.2) is 40.9 Å². The van der Waals surface area contributed by atoms with Crippen LogP contribution >= 0.6 is 0 Å². The largest absolute Gasteiger partial charge is 0.481 e. The Hall–Kier alpha value is -2.83. The normalized spacial score (nSPS) is 20.1. The van der Waals surface area contributed by atoms with Crippen molar-refractivity contribution in [2.45, 2.75) is 19.9 Å². The number of likely N-dealkylation sites (tertiary alicyclic amines) is 1. The number of amides is 2. The van der Waals surface area contributed by atoms with Gasteiger partial charge < -0.3 is 19.8 Å². The van der Waals surface area contributed by atoms with Gasteiger partial charge in [-0.25, -0.2) is 4.79 Å². The maximum absolute atomic E-state index is 12.2. The number of nitrogens with one attached hydrogen (secondary N) is 1. The lowest BCUT2D eigenvalue weighted by Gasteiger charge is -2.20. The fourth-order valence-electron chi connectivity index (χ4n) is 2.72. The van der Waals surface area contributed by atoms with Gasteiger partial charge in [0.15, 0.2) is 5.76 Å². The van der Waals surface area contributed by atoms with Gasteiger partial charge in [-0.05, 0) is 13.3 Å². The number of carboxylic acids is 1. The molecule has 1 aliphatic rings. The topological polar surface area (TPSA) is 95.7 Å². The third-order valence-electron chi connectivity index (χ3n) is 4.31. The molecular weight excluding hydrogens is 310 g/mol. The quantitative estimate of drug-likeness (QED) is 0.897. The highest BCUT2D eigenvalue weighted by molar-refractivity contribution is 5.79. The molecule has 1 aliphatic heterocycles. The summed E-state index contributed by atoms with van der Waals surface area (Å²) in [5.41, 5.74) is 0.660. The molecule has 2 amide bonds. The van der Waals surface area contributed by atoms with E-state index in [-0.39, 0.29) is 19.1 Å². The molecule has 1 atom stereocenters. The van der Waals surface area contributed by atoms with Crippen molar-refractivity contribution in [3.05, 3.63) is 42.1 Å². The Kier molecular flexibility index (Phi) is 4.24. The summed E-state index contributed by atoms with van der Waals surface area (Å²) in [7, 11) is 0. The molecule has 7 heteroatoms. The smallest absolute Gasteiger partial charge is 0.317 e. The average Bonchev–Trinajstić information content (AvgIpc) is 3.21. The number of rotatable bonds is 4. The number of carboxylic acid groups (broad SMARTS) is 1. The first-order valence-corrected chi connectivity index (χ1v) is 7.75. The molecule has 1 unspecified atom stereocenters. The van der Waals surface area contributed by atoms with Gasteiger partial charge >= 0.3 is 12.0 Å². The maximum atomic E-state index is 12.2. The number of hydrogen-bond donors (Lipinski definition) is 2. The summed E-state index contributed by atoms with van der Waals surface area (Å²) < 4.78 is 5.28. The van der Waals surface area contributed by atoms with Crippen molar-refractivity contribution < 1.29 is 19.2 Å². The minimum Gasteiger partial charge on any atom is -0.481 e. The van der Waals surface area contributed by atoms with Gasteiger partial charge in [-0.3, -0.25) is 4.79 Å². The van der Waals surface area contributed by atoms with Crippen LogP contribution in [0.3, 0.4) is 0 Å². The summed E-state index contributed by atoms with van der Waals surface area (Å²) in [6, 6.07) is 11.1. The zero-order valence-corrected chi connectivity index (χ0v) is 13.4. The van der Waals surface area contributed by atoms with Crippen LogP contribution in [0.5, 0.6) is 0 Å². The van der Waals surface area contributed by atoms with Gasteiger partial charge in [0.1, 0.15) is 5.69 Å². The highest BCUT2D eigenvalue weighted by Crippen LogP contribution is 2.30. The van der Waals surface area contributed by atoms with Crippen molar-refractivity contribution in [2.24, 2.45) is 5.41 Å². The molecule has 24 heavy (non-hydrogen) atoms. The molecule has 2 N–H and O–H groups in total. The van der Waals surface area contributed by atoms with Crippen molar-refractivity contribution >= 4 is 12.0 Å². The zero-order valence-electron chi connectivity index (χ0n) is 13.4. The lowest BCUT2D eigenvalue weighted by molar-refractivity contribution is -0.147. The summed E-state index contributed by atoms with van der Waals surface area (Å²) in [6.07, 6.45) is 0.456.